The van der Waals surface area contributed by atoms with Crippen LogP contribution in [0.1, 0.15) is 36.4 Å². The van der Waals surface area contributed by atoms with E-state index in [-0.39, 0.29) is 6.04 Å². The van der Waals surface area contributed by atoms with E-state index in [0.717, 1.165) is 12.5 Å². The highest BCUT2D eigenvalue weighted by Gasteiger charge is 2.31. The van der Waals surface area contributed by atoms with E-state index in [1.807, 2.05) is 0 Å². The molecule has 19 heavy (non-hydrogen) atoms. The van der Waals surface area contributed by atoms with Crippen molar-refractivity contribution >= 4 is 15.9 Å². The van der Waals surface area contributed by atoms with Crippen LogP contribution in [-0.2, 0) is 6.18 Å². The largest absolute Gasteiger partial charge is 0.416 e. The van der Waals surface area contributed by atoms with E-state index in [1.165, 1.54) is 12.1 Å². The summed E-state index contributed by atoms with van der Waals surface area (Å²) in [6.07, 6.45) is 2.93. The smallest absolute Gasteiger partial charge is 0.313 e. The van der Waals surface area contributed by atoms with Gasteiger partial charge in [0.1, 0.15) is 0 Å². The van der Waals surface area contributed by atoms with Gasteiger partial charge in [0.15, 0.2) is 0 Å². The molecular formula is C14H15BrF3N. The summed E-state index contributed by atoms with van der Waals surface area (Å²) in [6, 6.07) is 3.54. The topological polar surface area (TPSA) is 12.0 Å². The molecule has 0 aliphatic heterocycles. The number of nitrogens with one attached hydrogen (secondary N) is 1. The van der Waals surface area contributed by atoms with Crippen LogP contribution < -0.4 is 5.32 Å². The molecule has 1 unspecified atom stereocenters. The summed E-state index contributed by atoms with van der Waals surface area (Å²) in [5.74, 6) is 2.53. The molecule has 1 rings (SSSR count). The van der Waals surface area contributed by atoms with Crippen LogP contribution in [0, 0.1) is 12.3 Å². The highest BCUT2D eigenvalue weighted by molar-refractivity contribution is 9.10. The number of benzene rings is 1. The predicted octanol–water partition coefficient (Wildman–Crippen LogP) is 4.53. The second kappa shape index (κ2) is 6.97. The number of rotatable bonds is 5. The molecule has 1 atom stereocenters. The lowest BCUT2D eigenvalue weighted by Crippen LogP contribution is -2.18. The third-order valence-electron chi connectivity index (χ3n) is 2.86. The van der Waals surface area contributed by atoms with Crippen molar-refractivity contribution in [2.75, 3.05) is 7.05 Å². The van der Waals surface area contributed by atoms with Crippen LogP contribution in [0.5, 0.6) is 0 Å². The first-order valence-electron chi connectivity index (χ1n) is 5.87. The molecule has 5 heteroatoms. The van der Waals surface area contributed by atoms with E-state index in [9.17, 15) is 13.2 Å². The summed E-state index contributed by atoms with van der Waals surface area (Å²) in [4.78, 5) is 0. The van der Waals surface area contributed by atoms with Gasteiger partial charge in [-0.2, -0.15) is 13.2 Å². The third kappa shape index (κ3) is 4.55. The van der Waals surface area contributed by atoms with Crippen molar-refractivity contribution in [3.8, 4) is 12.3 Å². The molecule has 1 aromatic carbocycles. The van der Waals surface area contributed by atoms with Crippen LogP contribution in [0.2, 0.25) is 0 Å². The fourth-order valence-corrected chi connectivity index (χ4v) is 2.37. The Balaban J connectivity index is 2.99. The predicted molar refractivity (Wildman–Crippen MR) is 73.6 cm³/mol. The molecule has 0 fully saturated rings. The molecule has 0 aliphatic carbocycles. The highest BCUT2D eigenvalue weighted by atomic mass is 79.9. The van der Waals surface area contributed by atoms with E-state index < -0.39 is 11.7 Å². The first-order valence-corrected chi connectivity index (χ1v) is 6.66. The minimum atomic E-state index is -4.33. The maximum absolute atomic E-state index is 12.7. The summed E-state index contributed by atoms with van der Waals surface area (Å²) in [5.41, 5.74) is -0.0303. The average molecular weight is 334 g/mol. The van der Waals surface area contributed by atoms with Gasteiger partial charge in [-0.1, -0.05) is 15.9 Å². The number of hydrogen-bond donors (Lipinski definition) is 1. The fraction of sp³-hybridized carbons (Fsp3) is 0.429. The van der Waals surface area contributed by atoms with Crippen LogP contribution >= 0.6 is 15.9 Å². The van der Waals surface area contributed by atoms with E-state index in [1.54, 1.807) is 7.05 Å². The zero-order valence-corrected chi connectivity index (χ0v) is 12.1. The summed E-state index contributed by atoms with van der Waals surface area (Å²) in [5, 5.41) is 3.03. The van der Waals surface area contributed by atoms with E-state index in [4.69, 9.17) is 6.42 Å². The normalized spacial score (nSPS) is 13.1. The number of alkyl halides is 3. The molecule has 1 nitrogen and oxygen atoms in total. The molecule has 104 valence electrons. The van der Waals surface area contributed by atoms with Gasteiger partial charge in [0.25, 0.3) is 0 Å². The minimum absolute atomic E-state index is 0.148. The summed E-state index contributed by atoms with van der Waals surface area (Å²) < 4.78 is 38.8. The lowest BCUT2D eigenvalue weighted by atomic mass is 9.99. The first-order chi connectivity index (χ1) is 8.90. The number of terminal acetylenes is 1. The Labute approximate surface area is 119 Å². The van der Waals surface area contributed by atoms with Crippen LogP contribution in [0.4, 0.5) is 13.2 Å². The summed E-state index contributed by atoms with van der Waals surface area (Å²) >= 11 is 3.30. The molecule has 0 heterocycles. The van der Waals surface area contributed by atoms with Gasteiger partial charge >= 0.3 is 6.18 Å². The zero-order valence-electron chi connectivity index (χ0n) is 10.5. The molecule has 0 saturated heterocycles. The molecular weight excluding hydrogens is 319 g/mol. The molecule has 1 aromatic rings. The quantitative estimate of drug-likeness (QED) is 0.616. The van der Waals surface area contributed by atoms with Crippen LogP contribution in [0.3, 0.4) is 0 Å². The molecule has 0 saturated carbocycles. The lowest BCUT2D eigenvalue weighted by molar-refractivity contribution is -0.137. The molecule has 0 amide bonds. The molecule has 0 spiro atoms. The average Bonchev–Trinajstić information content (AvgIpc) is 2.34. The van der Waals surface area contributed by atoms with Gasteiger partial charge in [-0.15, -0.1) is 12.3 Å². The Morgan fingerprint density at radius 1 is 1.42 bits per heavy atom. The maximum Gasteiger partial charge on any atom is 0.416 e. The van der Waals surface area contributed by atoms with Gasteiger partial charge < -0.3 is 5.32 Å². The molecule has 0 radical (unpaired) electrons. The van der Waals surface area contributed by atoms with Crippen LogP contribution in [0.15, 0.2) is 22.7 Å². The second-order valence-electron chi connectivity index (χ2n) is 4.17. The summed E-state index contributed by atoms with van der Waals surface area (Å²) in [6.45, 7) is 0. The third-order valence-corrected chi connectivity index (χ3v) is 3.58. The number of hydrogen-bond acceptors (Lipinski definition) is 1. The van der Waals surface area contributed by atoms with Gasteiger partial charge in [0.2, 0.25) is 0 Å². The van der Waals surface area contributed by atoms with Crippen molar-refractivity contribution in [1.82, 2.24) is 5.32 Å². The Bertz CT molecular complexity index is 463. The van der Waals surface area contributed by atoms with Crippen molar-refractivity contribution in [3.63, 3.8) is 0 Å². The van der Waals surface area contributed by atoms with Gasteiger partial charge in [-0.3, -0.25) is 0 Å². The second-order valence-corrected chi connectivity index (χ2v) is 5.03. The standard InChI is InChI=1S/C14H15BrF3N/c1-3-4-5-6-13(19-2)11-9-10(14(16,17)18)7-8-12(11)15/h1,7-9,13,19H,4-6H2,2H3. The Morgan fingerprint density at radius 3 is 2.63 bits per heavy atom. The fourth-order valence-electron chi connectivity index (χ4n) is 1.85. The molecule has 0 aromatic heterocycles. The van der Waals surface area contributed by atoms with E-state index in [0.29, 0.717) is 22.9 Å². The van der Waals surface area contributed by atoms with Crippen molar-refractivity contribution in [2.24, 2.45) is 0 Å². The molecule has 0 bridgehead atoms. The molecule has 0 aliphatic rings. The Morgan fingerprint density at radius 2 is 2.11 bits per heavy atom. The SMILES string of the molecule is C#CCCCC(NC)c1cc(C(F)(F)F)ccc1Br. The summed E-state index contributed by atoms with van der Waals surface area (Å²) in [7, 11) is 1.73. The van der Waals surface area contributed by atoms with Gasteiger partial charge in [-0.25, -0.2) is 0 Å². The monoisotopic (exact) mass is 333 g/mol. The number of unbranched alkanes of at least 4 members (excludes halogenated alkanes) is 1. The highest BCUT2D eigenvalue weighted by Crippen LogP contribution is 2.34. The lowest BCUT2D eigenvalue weighted by Gasteiger charge is -2.19. The minimum Gasteiger partial charge on any atom is -0.313 e. The van der Waals surface area contributed by atoms with Gasteiger partial charge in [-0.05, 0) is 43.7 Å². The van der Waals surface area contributed by atoms with Crippen LogP contribution in [0.25, 0.3) is 0 Å². The first kappa shape index (κ1) is 16.1. The zero-order chi connectivity index (χ0) is 14.5. The van der Waals surface area contributed by atoms with Crippen molar-refractivity contribution in [2.45, 2.75) is 31.5 Å². The number of halogens is 4. The van der Waals surface area contributed by atoms with E-state index in [2.05, 4.69) is 27.2 Å². The van der Waals surface area contributed by atoms with Gasteiger partial charge in [0.05, 0.1) is 5.56 Å². The Kier molecular flexibility index (Phi) is 5.89. The molecule has 1 N–H and O–H groups in total. The van der Waals surface area contributed by atoms with E-state index >= 15 is 0 Å². The van der Waals surface area contributed by atoms with Crippen molar-refractivity contribution in [3.05, 3.63) is 33.8 Å². The maximum atomic E-state index is 12.7. The van der Waals surface area contributed by atoms with Crippen molar-refractivity contribution < 1.29 is 13.2 Å². The Hall–Kier alpha value is -0.990. The van der Waals surface area contributed by atoms with Crippen molar-refractivity contribution in [1.29, 1.82) is 0 Å². The van der Waals surface area contributed by atoms with Crippen LogP contribution in [-0.4, -0.2) is 7.05 Å². The van der Waals surface area contributed by atoms with Gasteiger partial charge in [0, 0.05) is 16.9 Å².